The summed E-state index contributed by atoms with van der Waals surface area (Å²) in [5.74, 6) is -0.829. The molecule has 9 nitrogen and oxygen atoms in total. The molecule has 0 bridgehead atoms. The largest absolute Gasteiger partial charge is 0.756 e. The summed E-state index contributed by atoms with van der Waals surface area (Å²) in [7, 11) is 1.17. The molecule has 0 saturated heterocycles. The minimum absolute atomic E-state index is 0.0282. The molecular weight excluding hydrogens is 713 g/mol. The van der Waals surface area contributed by atoms with Gasteiger partial charge in [0.15, 0.2) is 6.10 Å². The fourth-order valence-electron chi connectivity index (χ4n) is 6.41. The lowest BCUT2D eigenvalue weighted by atomic mass is 10.0. The third kappa shape index (κ3) is 42.2. The number of esters is 2. The van der Waals surface area contributed by atoms with Gasteiger partial charge in [-0.3, -0.25) is 14.2 Å². The van der Waals surface area contributed by atoms with Gasteiger partial charge in [0.05, 0.1) is 27.7 Å². The first-order valence-electron chi connectivity index (χ1n) is 22.9. The van der Waals surface area contributed by atoms with Gasteiger partial charge in [-0.25, -0.2) is 0 Å². The molecule has 0 aliphatic rings. The second-order valence-electron chi connectivity index (χ2n) is 16.8. The lowest BCUT2D eigenvalue weighted by Crippen LogP contribution is -2.37. The summed E-state index contributed by atoms with van der Waals surface area (Å²) < 4.78 is 33.9. The molecule has 10 heteroatoms. The molecule has 0 saturated carbocycles. The fraction of sp³-hybridized carbons (Fsp3) is 0.911. The van der Waals surface area contributed by atoms with Gasteiger partial charge in [0.1, 0.15) is 19.8 Å². The van der Waals surface area contributed by atoms with Crippen LogP contribution in [0.5, 0.6) is 0 Å². The molecule has 0 aromatic rings. The van der Waals surface area contributed by atoms with Gasteiger partial charge in [0.25, 0.3) is 7.82 Å². The van der Waals surface area contributed by atoms with E-state index >= 15 is 0 Å². The van der Waals surface area contributed by atoms with Crippen molar-refractivity contribution in [2.45, 2.75) is 219 Å². The van der Waals surface area contributed by atoms with Gasteiger partial charge in [0.2, 0.25) is 0 Å². The van der Waals surface area contributed by atoms with Crippen LogP contribution in [0.3, 0.4) is 0 Å². The van der Waals surface area contributed by atoms with Crippen LogP contribution in [-0.4, -0.2) is 70.0 Å². The van der Waals surface area contributed by atoms with E-state index < -0.39 is 26.5 Å². The predicted octanol–water partition coefficient (Wildman–Crippen LogP) is 12.3. The number of nitrogens with zero attached hydrogens (tertiary/aromatic N) is 1. The van der Waals surface area contributed by atoms with Crippen molar-refractivity contribution in [1.82, 2.24) is 0 Å². The van der Waals surface area contributed by atoms with Crippen molar-refractivity contribution in [3.63, 3.8) is 0 Å². The SMILES string of the molecule is CCCCCCCC/C=C/CCCCCCCCCC(=O)OC[C@H](COP(=O)([O-])OCC[N+](C)(C)C)OC(=O)CCCCCCCCCCCCCCCC. The Bertz CT molecular complexity index is 954. The number of hydrogen-bond donors (Lipinski definition) is 0. The number of ether oxygens (including phenoxy) is 2. The first-order valence-corrected chi connectivity index (χ1v) is 24.4. The van der Waals surface area contributed by atoms with E-state index in [4.69, 9.17) is 18.5 Å². The van der Waals surface area contributed by atoms with Crippen LogP contribution in [0.1, 0.15) is 213 Å². The van der Waals surface area contributed by atoms with Crippen LogP contribution in [0, 0.1) is 0 Å². The predicted molar refractivity (Wildman–Crippen MR) is 227 cm³/mol. The highest BCUT2D eigenvalue weighted by atomic mass is 31.2. The third-order valence-corrected chi connectivity index (χ3v) is 11.0. The number of carbonyl (C=O) groups excluding carboxylic acids is 2. The maximum Gasteiger partial charge on any atom is 0.306 e. The fourth-order valence-corrected chi connectivity index (χ4v) is 7.14. The average Bonchev–Trinajstić information content (AvgIpc) is 3.13. The molecule has 0 aromatic heterocycles. The smallest absolute Gasteiger partial charge is 0.306 e. The van der Waals surface area contributed by atoms with Crippen LogP contribution in [0.2, 0.25) is 0 Å². The van der Waals surface area contributed by atoms with Crippen LogP contribution < -0.4 is 4.89 Å². The first kappa shape index (κ1) is 53.8. The van der Waals surface area contributed by atoms with Gasteiger partial charge in [-0.15, -0.1) is 0 Å². The molecule has 0 radical (unpaired) electrons. The zero-order chi connectivity index (χ0) is 40.7. The van der Waals surface area contributed by atoms with Crippen LogP contribution in [0.25, 0.3) is 0 Å². The van der Waals surface area contributed by atoms with E-state index in [2.05, 4.69) is 26.0 Å². The van der Waals surface area contributed by atoms with E-state index in [0.29, 0.717) is 17.4 Å². The number of unbranched alkanes of at least 4 members (excludes halogenated alkanes) is 26. The molecule has 0 N–H and O–H groups in total. The molecule has 2 atom stereocenters. The molecule has 0 aromatic carbocycles. The first-order chi connectivity index (χ1) is 26.5. The van der Waals surface area contributed by atoms with Crippen molar-refractivity contribution in [3.05, 3.63) is 12.2 Å². The zero-order valence-electron chi connectivity index (χ0n) is 36.6. The summed E-state index contributed by atoms with van der Waals surface area (Å²) in [6.45, 7) is 4.24. The number of phosphoric ester groups is 1. The van der Waals surface area contributed by atoms with E-state index in [1.807, 2.05) is 21.1 Å². The summed E-state index contributed by atoms with van der Waals surface area (Å²) in [5, 5.41) is 0. The quantitative estimate of drug-likeness (QED) is 0.0197. The van der Waals surface area contributed by atoms with Gasteiger partial charge >= 0.3 is 11.9 Å². The second kappa shape index (κ2) is 38.3. The Kier molecular flexibility index (Phi) is 37.4. The van der Waals surface area contributed by atoms with Crippen LogP contribution in [0.4, 0.5) is 0 Å². The van der Waals surface area contributed by atoms with Gasteiger partial charge in [0, 0.05) is 12.8 Å². The van der Waals surface area contributed by atoms with Crippen molar-refractivity contribution in [2.75, 3.05) is 47.5 Å². The van der Waals surface area contributed by atoms with Crippen LogP contribution in [0.15, 0.2) is 12.2 Å². The van der Waals surface area contributed by atoms with Crippen molar-refractivity contribution in [1.29, 1.82) is 0 Å². The van der Waals surface area contributed by atoms with E-state index in [1.54, 1.807) is 0 Å². The molecule has 1 unspecified atom stereocenters. The zero-order valence-corrected chi connectivity index (χ0v) is 37.5. The maximum absolute atomic E-state index is 12.7. The Morgan fingerprint density at radius 3 is 1.35 bits per heavy atom. The molecule has 55 heavy (non-hydrogen) atoms. The van der Waals surface area contributed by atoms with Crippen molar-refractivity contribution >= 4 is 19.8 Å². The minimum atomic E-state index is -4.62. The lowest BCUT2D eigenvalue weighted by molar-refractivity contribution is -0.870. The maximum atomic E-state index is 12.7. The van der Waals surface area contributed by atoms with Gasteiger partial charge in [-0.2, -0.15) is 0 Å². The number of phosphoric acid groups is 1. The molecule has 0 fully saturated rings. The molecule has 0 heterocycles. The summed E-state index contributed by atoms with van der Waals surface area (Å²) in [6, 6.07) is 0. The topological polar surface area (TPSA) is 111 Å². The molecule has 0 aliphatic carbocycles. The van der Waals surface area contributed by atoms with E-state index in [-0.39, 0.29) is 32.0 Å². The highest BCUT2D eigenvalue weighted by molar-refractivity contribution is 7.45. The van der Waals surface area contributed by atoms with E-state index in [0.717, 1.165) is 38.5 Å². The van der Waals surface area contributed by atoms with Crippen molar-refractivity contribution < 1.29 is 42.1 Å². The number of quaternary nitrogens is 1. The molecule has 0 spiro atoms. The Morgan fingerprint density at radius 1 is 0.545 bits per heavy atom. The highest BCUT2D eigenvalue weighted by Gasteiger charge is 2.21. The van der Waals surface area contributed by atoms with Gasteiger partial charge < -0.3 is 27.9 Å². The number of rotatable bonds is 42. The van der Waals surface area contributed by atoms with Crippen molar-refractivity contribution in [2.24, 2.45) is 0 Å². The summed E-state index contributed by atoms with van der Waals surface area (Å²) in [6.07, 6.45) is 39.4. The summed E-state index contributed by atoms with van der Waals surface area (Å²) in [4.78, 5) is 37.5. The Hall–Kier alpha value is -1.25. The number of hydrogen-bond acceptors (Lipinski definition) is 8. The number of allylic oxidation sites excluding steroid dienone is 2. The Balaban J connectivity index is 4.30. The lowest BCUT2D eigenvalue weighted by Gasteiger charge is -2.28. The molecule has 326 valence electrons. The number of likely N-dealkylation sites (N-methyl/N-ethyl adjacent to an activating group) is 1. The van der Waals surface area contributed by atoms with Crippen LogP contribution >= 0.6 is 7.82 Å². The summed E-state index contributed by atoms with van der Waals surface area (Å²) in [5.41, 5.74) is 0. The normalized spacial score (nSPS) is 13.6. The molecule has 0 amide bonds. The Morgan fingerprint density at radius 2 is 0.927 bits per heavy atom. The minimum Gasteiger partial charge on any atom is -0.756 e. The highest BCUT2D eigenvalue weighted by Crippen LogP contribution is 2.38. The van der Waals surface area contributed by atoms with E-state index in [9.17, 15) is 19.0 Å². The second-order valence-corrected chi connectivity index (χ2v) is 18.2. The standard InChI is InChI=1S/C45H88NO8P/c1-6-8-10-12-14-16-18-20-22-23-24-26-27-29-31-33-35-37-44(47)51-41-43(42-53-55(49,50)52-40-39-46(3,4)5)54-45(48)38-36-34-32-30-28-25-21-19-17-15-13-11-9-7-2/h20,22,43H,6-19,21,23-42H2,1-5H3/b22-20+/t43-/m1/s1. The molecule has 0 aliphatic heterocycles. The van der Waals surface area contributed by atoms with E-state index in [1.165, 1.54) is 141 Å². The average molecular weight is 802 g/mol. The monoisotopic (exact) mass is 802 g/mol. The van der Waals surface area contributed by atoms with Crippen molar-refractivity contribution in [3.8, 4) is 0 Å². The summed E-state index contributed by atoms with van der Waals surface area (Å²) >= 11 is 0. The van der Waals surface area contributed by atoms with Gasteiger partial charge in [-0.1, -0.05) is 174 Å². The van der Waals surface area contributed by atoms with Gasteiger partial charge in [-0.05, 0) is 38.5 Å². The Labute approximate surface area is 339 Å². The molecule has 0 rings (SSSR count). The number of carbonyl (C=O) groups is 2. The van der Waals surface area contributed by atoms with Crippen LogP contribution in [-0.2, 0) is 32.7 Å². The molecular formula is C45H88NO8P. The third-order valence-electron chi connectivity index (χ3n) is 10.0.